The second kappa shape index (κ2) is 9.08. The number of fused-ring (bicyclic) bond motifs is 1. The van der Waals surface area contributed by atoms with Gasteiger partial charge in [-0.05, 0) is 31.9 Å². The number of thiophene rings is 1. The molecule has 158 valence electrons. The maximum Gasteiger partial charge on any atom is 0.332 e. The van der Waals surface area contributed by atoms with Crippen molar-refractivity contribution in [1.82, 2.24) is 9.13 Å². The third-order valence-electron chi connectivity index (χ3n) is 4.73. The van der Waals surface area contributed by atoms with Gasteiger partial charge in [0.2, 0.25) is 0 Å². The lowest BCUT2D eigenvalue weighted by Crippen LogP contribution is -2.42. The summed E-state index contributed by atoms with van der Waals surface area (Å²) in [5.74, 6) is -1.64. The molecule has 0 radical (unpaired) electrons. The molecular formula is C21H22N2O6S. The molecule has 0 spiro atoms. The fraction of sp³-hybridized carbons (Fsp3) is 0.333. The number of rotatable bonds is 8. The molecular weight excluding hydrogens is 408 g/mol. The SMILES string of the molecule is CCOC(=O)Cc1cc2c(=O)n(CCc3ccccc3)c(=O)n([C@@H](C)C(=O)O)c2s1. The van der Waals surface area contributed by atoms with Gasteiger partial charge in [0.25, 0.3) is 5.56 Å². The predicted octanol–water partition coefficient (Wildman–Crippen LogP) is 2.22. The third-order valence-corrected chi connectivity index (χ3v) is 5.86. The van der Waals surface area contributed by atoms with E-state index in [-0.39, 0.29) is 29.8 Å². The van der Waals surface area contributed by atoms with Crippen molar-refractivity contribution in [1.29, 1.82) is 0 Å². The van der Waals surface area contributed by atoms with Gasteiger partial charge in [0.15, 0.2) is 0 Å². The largest absolute Gasteiger partial charge is 0.480 e. The molecule has 3 rings (SSSR count). The molecule has 0 aliphatic carbocycles. The average Bonchev–Trinajstić information content (AvgIpc) is 3.12. The third kappa shape index (κ3) is 4.35. The van der Waals surface area contributed by atoms with Crippen LogP contribution < -0.4 is 11.2 Å². The van der Waals surface area contributed by atoms with E-state index in [2.05, 4.69) is 0 Å². The van der Waals surface area contributed by atoms with Crippen molar-refractivity contribution in [2.75, 3.05) is 6.61 Å². The molecule has 8 nitrogen and oxygen atoms in total. The Labute approximate surface area is 176 Å². The van der Waals surface area contributed by atoms with Crippen LogP contribution in [0.5, 0.6) is 0 Å². The van der Waals surface area contributed by atoms with Crippen LogP contribution >= 0.6 is 11.3 Å². The van der Waals surface area contributed by atoms with Gasteiger partial charge in [-0.25, -0.2) is 9.59 Å². The highest BCUT2D eigenvalue weighted by Crippen LogP contribution is 2.25. The van der Waals surface area contributed by atoms with Gasteiger partial charge in [-0.2, -0.15) is 0 Å². The summed E-state index contributed by atoms with van der Waals surface area (Å²) in [5.41, 5.74) is -0.218. The number of aryl methyl sites for hydroxylation is 1. The zero-order valence-electron chi connectivity index (χ0n) is 16.7. The monoisotopic (exact) mass is 430 g/mol. The maximum absolute atomic E-state index is 13.1. The Morgan fingerprint density at radius 1 is 1.20 bits per heavy atom. The van der Waals surface area contributed by atoms with Crippen molar-refractivity contribution in [3.8, 4) is 0 Å². The summed E-state index contributed by atoms with van der Waals surface area (Å²) in [5, 5.41) is 9.72. The summed E-state index contributed by atoms with van der Waals surface area (Å²) in [7, 11) is 0. The van der Waals surface area contributed by atoms with Gasteiger partial charge in [0.05, 0.1) is 18.4 Å². The van der Waals surface area contributed by atoms with Gasteiger partial charge in [-0.3, -0.25) is 18.7 Å². The molecule has 0 amide bonds. The van der Waals surface area contributed by atoms with Crippen LogP contribution in [0.2, 0.25) is 0 Å². The van der Waals surface area contributed by atoms with E-state index in [1.165, 1.54) is 6.92 Å². The number of aromatic nitrogens is 2. The highest BCUT2D eigenvalue weighted by Gasteiger charge is 2.24. The van der Waals surface area contributed by atoms with Crippen molar-refractivity contribution in [2.24, 2.45) is 0 Å². The molecule has 2 heterocycles. The molecule has 1 atom stereocenters. The highest BCUT2D eigenvalue weighted by molar-refractivity contribution is 7.18. The smallest absolute Gasteiger partial charge is 0.332 e. The van der Waals surface area contributed by atoms with Crippen molar-refractivity contribution < 1.29 is 19.4 Å². The first-order chi connectivity index (χ1) is 14.3. The predicted molar refractivity (Wildman–Crippen MR) is 113 cm³/mol. The quantitative estimate of drug-likeness (QED) is 0.549. The zero-order valence-corrected chi connectivity index (χ0v) is 17.5. The Bertz CT molecular complexity index is 1190. The van der Waals surface area contributed by atoms with Crippen LogP contribution in [-0.2, 0) is 33.7 Å². The Hall–Kier alpha value is -3.20. The minimum Gasteiger partial charge on any atom is -0.480 e. The topological polar surface area (TPSA) is 108 Å². The molecule has 0 bridgehead atoms. The lowest BCUT2D eigenvalue weighted by Gasteiger charge is -2.15. The van der Waals surface area contributed by atoms with E-state index >= 15 is 0 Å². The highest BCUT2D eigenvalue weighted by atomic mass is 32.1. The Balaban J connectivity index is 2.12. The normalized spacial score (nSPS) is 12.1. The number of esters is 1. The van der Waals surface area contributed by atoms with Gasteiger partial charge in [0, 0.05) is 11.4 Å². The van der Waals surface area contributed by atoms with Gasteiger partial charge in [0.1, 0.15) is 10.9 Å². The lowest BCUT2D eigenvalue weighted by molar-refractivity contribution is -0.142. The van der Waals surface area contributed by atoms with E-state index < -0.39 is 29.2 Å². The fourth-order valence-corrected chi connectivity index (χ4v) is 4.39. The van der Waals surface area contributed by atoms with Crippen LogP contribution in [0.1, 0.15) is 30.3 Å². The molecule has 9 heteroatoms. The average molecular weight is 430 g/mol. The van der Waals surface area contributed by atoms with Gasteiger partial charge in [-0.15, -0.1) is 11.3 Å². The molecule has 3 aromatic rings. The number of carbonyl (C=O) groups is 2. The summed E-state index contributed by atoms with van der Waals surface area (Å²) in [6, 6.07) is 9.77. The summed E-state index contributed by atoms with van der Waals surface area (Å²) in [4.78, 5) is 50.4. The van der Waals surface area contributed by atoms with Crippen molar-refractivity contribution in [3.63, 3.8) is 0 Å². The van der Waals surface area contributed by atoms with Crippen LogP contribution in [0.25, 0.3) is 10.2 Å². The van der Waals surface area contributed by atoms with Crippen LogP contribution in [0.3, 0.4) is 0 Å². The number of hydrogen-bond donors (Lipinski definition) is 1. The van der Waals surface area contributed by atoms with Gasteiger partial charge < -0.3 is 9.84 Å². The van der Waals surface area contributed by atoms with Crippen molar-refractivity contribution in [3.05, 3.63) is 67.7 Å². The minimum absolute atomic E-state index is 0.0493. The van der Waals surface area contributed by atoms with Crippen molar-refractivity contribution in [2.45, 2.75) is 39.3 Å². The van der Waals surface area contributed by atoms with E-state index in [0.29, 0.717) is 11.3 Å². The molecule has 1 N–H and O–H groups in total. The first kappa shape index (κ1) is 21.5. The Morgan fingerprint density at radius 3 is 2.53 bits per heavy atom. The van der Waals surface area contributed by atoms with Crippen LogP contribution in [0.4, 0.5) is 0 Å². The number of hydrogen-bond acceptors (Lipinski definition) is 6. The van der Waals surface area contributed by atoms with E-state index in [1.807, 2.05) is 30.3 Å². The van der Waals surface area contributed by atoms with Crippen molar-refractivity contribution >= 4 is 33.5 Å². The van der Waals surface area contributed by atoms with Gasteiger partial charge in [-0.1, -0.05) is 30.3 Å². The number of carboxylic acid groups (broad SMARTS) is 1. The molecule has 1 aromatic carbocycles. The first-order valence-electron chi connectivity index (χ1n) is 9.53. The number of carboxylic acids is 1. The number of carbonyl (C=O) groups excluding carboxylic acids is 1. The lowest BCUT2D eigenvalue weighted by atomic mass is 10.1. The van der Waals surface area contributed by atoms with E-state index in [1.54, 1.807) is 13.0 Å². The molecule has 0 fully saturated rings. The van der Waals surface area contributed by atoms with E-state index in [9.17, 15) is 24.3 Å². The van der Waals surface area contributed by atoms with Crippen LogP contribution in [0, 0.1) is 0 Å². The number of nitrogens with zero attached hydrogens (tertiary/aromatic N) is 2. The van der Waals surface area contributed by atoms with Gasteiger partial charge >= 0.3 is 17.6 Å². The molecule has 30 heavy (non-hydrogen) atoms. The summed E-state index contributed by atoms with van der Waals surface area (Å²) in [6.45, 7) is 3.43. The Kier molecular flexibility index (Phi) is 6.51. The summed E-state index contributed by atoms with van der Waals surface area (Å²) < 4.78 is 7.12. The molecule has 0 unspecified atom stereocenters. The molecule has 2 aromatic heterocycles. The molecule has 0 saturated carbocycles. The van der Waals surface area contributed by atoms with E-state index in [4.69, 9.17) is 4.74 Å². The fourth-order valence-electron chi connectivity index (χ4n) is 3.19. The number of benzene rings is 1. The first-order valence-corrected chi connectivity index (χ1v) is 10.3. The molecule has 0 aliphatic heterocycles. The van der Waals surface area contributed by atoms with Crippen LogP contribution in [0.15, 0.2) is 46.0 Å². The Morgan fingerprint density at radius 2 is 1.90 bits per heavy atom. The van der Waals surface area contributed by atoms with E-state index in [0.717, 1.165) is 26.0 Å². The second-order valence-corrected chi connectivity index (χ2v) is 7.89. The second-order valence-electron chi connectivity index (χ2n) is 6.77. The summed E-state index contributed by atoms with van der Waals surface area (Å²) in [6.07, 6.45) is 0.398. The summed E-state index contributed by atoms with van der Waals surface area (Å²) >= 11 is 1.06. The minimum atomic E-state index is -1.19. The molecule has 0 saturated heterocycles. The molecule has 0 aliphatic rings. The van der Waals surface area contributed by atoms with Crippen LogP contribution in [-0.4, -0.2) is 32.8 Å². The standard InChI is InChI=1S/C21H22N2O6S/c1-3-29-17(24)12-15-11-16-18(25)22(10-9-14-7-5-4-6-8-14)21(28)23(19(16)30-15)13(2)20(26)27/h4-8,11,13H,3,9-10,12H2,1-2H3,(H,26,27)/t13-/m0/s1. The zero-order chi connectivity index (χ0) is 21.8. The number of aliphatic carboxylic acids is 1. The maximum atomic E-state index is 13.1. The number of ether oxygens (including phenoxy) is 1.